The van der Waals surface area contributed by atoms with Gasteiger partial charge in [0.1, 0.15) is 12.1 Å². The fraction of sp³-hybridized carbons (Fsp3) is 0.333. The highest BCUT2D eigenvalue weighted by Crippen LogP contribution is 2.32. The number of methoxy groups -OCH3 is 1. The maximum absolute atomic E-state index is 5.59. The summed E-state index contributed by atoms with van der Waals surface area (Å²) in [7, 11) is 3.55. The number of anilines is 2. The number of benzene rings is 1. The van der Waals surface area contributed by atoms with Crippen molar-refractivity contribution < 1.29 is 9.47 Å². The molecule has 1 aliphatic rings. The first-order valence-corrected chi connectivity index (χ1v) is 9.95. The predicted molar refractivity (Wildman–Crippen MR) is 112 cm³/mol. The molecular formula is C21H23N7O2. The Bertz CT molecular complexity index is 1180. The normalized spacial score (nSPS) is 14.9. The van der Waals surface area contributed by atoms with Crippen LogP contribution < -0.4 is 10.1 Å². The highest BCUT2D eigenvalue weighted by molar-refractivity contribution is 5.70. The molecule has 1 fully saturated rings. The maximum atomic E-state index is 5.59. The number of hydrogen-bond acceptors (Lipinski definition) is 7. The summed E-state index contributed by atoms with van der Waals surface area (Å²) in [6.07, 6.45) is 5.52. The Morgan fingerprint density at radius 2 is 2.03 bits per heavy atom. The molecule has 9 nitrogen and oxygen atoms in total. The topological polar surface area (TPSA) is 91.4 Å². The van der Waals surface area contributed by atoms with Crippen LogP contribution in [-0.2, 0) is 11.8 Å². The van der Waals surface area contributed by atoms with E-state index in [1.165, 1.54) is 5.69 Å². The minimum absolute atomic E-state index is 0.448. The molecule has 1 aliphatic heterocycles. The minimum Gasteiger partial charge on any atom is -0.495 e. The van der Waals surface area contributed by atoms with Gasteiger partial charge in [-0.05, 0) is 43.2 Å². The van der Waals surface area contributed by atoms with Gasteiger partial charge >= 0.3 is 0 Å². The summed E-state index contributed by atoms with van der Waals surface area (Å²) in [5, 5.41) is 16.1. The van der Waals surface area contributed by atoms with Gasteiger partial charge in [0.05, 0.1) is 24.5 Å². The van der Waals surface area contributed by atoms with E-state index in [0.717, 1.165) is 48.6 Å². The predicted octanol–water partition coefficient (Wildman–Crippen LogP) is 3.17. The summed E-state index contributed by atoms with van der Waals surface area (Å²) in [6.45, 7) is 1.59. The van der Waals surface area contributed by atoms with Crippen molar-refractivity contribution in [3.63, 3.8) is 0 Å². The molecule has 1 saturated heterocycles. The van der Waals surface area contributed by atoms with E-state index in [0.29, 0.717) is 17.6 Å². The van der Waals surface area contributed by atoms with Gasteiger partial charge < -0.3 is 19.4 Å². The third-order valence-corrected chi connectivity index (χ3v) is 5.48. The average Bonchev–Trinajstić information content (AvgIpc) is 3.40. The molecule has 1 N–H and O–H groups in total. The van der Waals surface area contributed by atoms with Crippen LogP contribution in [0.15, 0.2) is 42.9 Å². The van der Waals surface area contributed by atoms with E-state index >= 15 is 0 Å². The van der Waals surface area contributed by atoms with Crippen LogP contribution >= 0.6 is 0 Å². The van der Waals surface area contributed by atoms with Gasteiger partial charge in [-0.1, -0.05) is 0 Å². The molecule has 30 heavy (non-hydrogen) atoms. The Balaban J connectivity index is 1.45. The Kier molecular flexibility index (Phi) is 4.80. The molecule has 0 unspecified atom stereocenters. The highest BCUT2D eigenvalue weighted by atomic mass is 16.5. The molecule has 0 bridgehead atoms. The van der Waals surface area contributed by atoms with Gasteiger partial charge in [0.25, 0.3) is 0 Å². The Hall–Kier alpha value is -3.46. The number of aryl methyl sites for hydroxylation is 1. The van der Waals surface area contributed by atoms with Crippen molar-refractivity contribution in [2.24, 2.45) is 7.05 Å². The van der Waals surface area contributed by atoms with E-state index in [1.54, 1.807) is 13.4 Å². The number of nitrogens with zero attached hydrogens (tertiary/aromatic N) is 6. The Morgan fingerprint density at radius 1 is 1.17 bits per heavy atom. The van der Waals surface area contributed by atoms with E-state index in [9.17, 15) is 0 Å². The van der Waals surface area contributed by atoms with Gasteiger partial charge in [0.2, 0.25) is 5.95 Å². The second-order valence-corrected chi connectivity index (χ2v) is 7.37. The first kappa shape index (κ1) is 18.6. The quantitative estimate of drug-likeness (QED) is 0.545. The largest absolute Gasteiger partial charge is 0.495 e. The molecule has 4 aromatic rings. The van der Waals surface area contributed by atoms with E-state index in [2.05, 4.69) is 32.6 Å². The van der Waals surface area contributed by atoms with Crippen molar-refractivity contribution in [3.8, 4) is 17.1 Å². The van der Waals surface area contributed by atoms with E-state index in [4.69, 9.17) is 14.6 Å². The minimum atomic E-state index is 0.448. The number of fused-ring (bicyclic) bond motifs is 1. The Labute approximate surface area is 173 Å². The molecule has 5 rings (SSSR count). The standard InChI is InChI=1S/C21H23N7O2/c1-27-13-23-25-20(27)15-3-5-17(19(11-15)29-2)24-21-22-12-16-4-6-18(28(16)26-21)14-7-9-30-10-8-14/h3-6,11-14H,7-10H2,1-2H3,(H,24,26). The van der Waals surface area contributed by atoms with Crippen molar-refractivity contribution in [1.29, 1.82) is 0 Å². The van der Waals surface area contributed by atoms with Crippen LogP contribution in [0, 0.1) is 0 Å². The van der Waals surface area contributed by atoms with Crippen molar-refractivity contribution in [1.82, 2.24) is 29.4 Å². The molecular weight excluding hydrogens is 382 g/mol. The van der Waals surface area contributed by atoms with Crippen molar-refractivity contribution in [2.45, 2.75) is 18.8 Å². The second kappa shape index (κ2) is 7.75. The summed E-state index contributed by atoms with van der Waals surface area (Å²) in [5.74, 6) is 2.41. The molecule has 0 aliphatic carbocycles. The number of ether oxygens (including phenoxy) is 2. The Morgan fingerprint density at radius 3 is 2.80 bits per heavy atom. The summed E-state index contributed by atoms with van der Waals surface area (Å²) in [5.41, 5.74) is 3.87. The fourth-order valence-electron chi connectivity index (χ4n) is 3.88. The zero-order valence-electron chi connectivity index (χ0n) is 16.9. The lowest BCUT2D eigenvalue weighted by molar-refractivity contribution is 0.0841. The van der Waals surface area contributed by atoms with Crippen LogP contribution in [0.4, 0.5) is 11.6 Å². The summed E-state index contributed by atoms with van der Waals surface area (Å²) in [4.78, 5) is 4.47. The number of nitrogens with one attached hydrogen (secondary N) is 1. The lowest BCUT2D eigenvalue weighted by atomic mass is 9.97. The molecule has 0 saturated carbocycles. The summed E-state index contributed by atoms with van der Waals surface area (Å²) < 4.78 is 14.9. The second-order valence-electron chi connectivity index (χ2n) is 7.37. The molecule has 4 heterocycles. The average molecular weight is 405 g/mol. The highest BCUT2D eigenvalue weighted by Gasteiger charge is 2.20. The number of aromatic nitrogens is 6. The van der Waals surface area contributed by atoms with Crippen molar-refractivity contribution in [2.75, 3.05) is 25.6 Å². The van der Waals surface area contributed by atoms with Gasteiger partial charge in [-0.2, -0.15) is 0 Å². The van der Waals surface area contributed by atoms with Crippen molar-refractivity contribution in [3.05, 3.63) is 48.5 Å². The van der Waals surface area contributed by atoms with Crippen LogP contribution in [-0.4, -0.2) is 49.7 Å². The SMILES string of the molecule is COc1cc(-c2nncn2C)ccc1Nc1ncc2ccc(C3CCOCC3)n2n1. The lowest BCUT2D eigenvalue weighted by Gasteiger charge is -2.21. The molecule has 9 heteroatoms. The van der Waals surface area contributed by atoms with E-state index in [-0.39, 0.29) is 0 Å². The number of rotatable bonds is 5. The van der Waals surface area contributed by atoms with Crippen LogP contribution in [0.1, 0.15) is 24.5 Å². The zero-order valence-corrected chi connectivity index (χ0v) is 16.9. The zero-order chi connectivity index (χ0) is 20.5. The van der Waals surface area contributed by atoms with Gasteiger partial charge in [-0.3, -0.25) is 0 Å². The van der Waals surface area contributed by atoms with Crippen LogP contribution in [0.3, 0.4) is 0 Å². The van der Waals surface area contributed by atoms with Crippen molar-refractivity contribution >= 4 is 17.2 Å². The molecule has 1 aromatic carbocycles. The van der Waals surface area contributed by atoms with Crippen LogP contribution in [0.5, 0.6) is 5.75 Å². The molecule has 0 amide bonds. The first-order chi connectivity index (χ1) is 14.7. The summed E-state index contributed by atoms with van der Waals surface area (Å²) >= 11 is 0. The molecule has 0 spiro atoms. The third-order valence-electron chi connectivity index (χ3n) is 5.48. The molecule has 0 atom stereocenters. The lowest BCUT2D eigenvalue weighted by Crippen LogP contribution is -2.16. The smallest absolute Gasteiger partial charge is 0.245 e. The molecule has 3 aromatic heterocycles. The fourth-order valence-corrected chi connectivity index (χ4v) is 3.88. The summed E-state index contributed by atoms with van der Waals surface area (Å²) in [6, 6.07) is 10.0. The van der Waals surface area contributed by atoms with E-state index in [1.807, 2.05) is 40.5 Å². The number of hydrogen-bond donors (Lipinski definition) is 1. The van der Waals surface area contributed by atoms with Crippen LogP contribution in [0.2, 0.25) is 0 Å². The third kappa shape index (κ3) is 3.37. The molecule has 154 valence electrons. The van der Waals surface area contributed by atoms with Gasteiger partial charge in [-0.15, -0.1) is 15.3 Å². The van der Waals surface area contributed by atoms with Crippen LogP contribution in [0.25, 0.3) is 16.9 Å². The molecule has 0 radical (unpaired) electrons. The monoisotopic (exact) mass is 405 g/mol. The first-order valence-electron chi connectivity index (χ1n) is 9.95. The van der Waals surface area contributed by atoms with E-state index < -0.39 is 0 Å². The van der Waals surface area contributed by atoms with Gasteiger partial charge in [-0.25, -0.2) is 9.50 Å². The van der Waals surface area contributed by atoms with Gasteiger partial charge in [0.15, 0.2) is 5.82 Å². The van der Waals surface area contributed by atoms with Gasteiger partial charge in [0, 0.05) is 37.4 Å². The maximum Gasteiger partial charge on any atom is 0.245 e.